The number of benzene rings is 1. The first-order valence-electron chi connectivity index (χ1n) is 14.9. The van der Waals surface area contributed by atoms with Crippen molar-refractivity contribution in [2.75, 3.05) is 31.1 Å². The zero-order valence-corrected chi connectivity index (χ0v) is 22.8. The molecule has 2 saturated heterocycles. The summed E-state index contributed by atoms with van der Waals surface area (Å²) in [6.07, 6.45) is 6.88. The lowest BCUT2D eigenvalue weighted by atomic mass is 9.53. The number of likely N-dealkylation sites (tertiary alicyclic amines) is 1. The highest BCUT2D eigenvalue weighted by atomic mass is 19.1. The van der Waals surface area contributed by atoms with Crippen molar-refractivity contribution in [2.24, 2.45) is 23.7 Å². The van der Waals surface area contributed by atoms with Gasteiger partial charge in [0.1, 0.15) is 5.69 Å². The monoisotopic (exact) mass is 539 g/mol. The molecule has 1 amide bonds. The van der Waals surface area contributed by atoms with Gasteiger partial charge in [0, 0.05) is 42.0 Å². The number of alkyl halides is 1. The van der Waals surface area contributed by atoms with Gasteiger partial charge < -0.3 is 19.5 Å². The molecular weight excluding hydrogens is 505 g/mol. The number of rotatable bonds is 6. The van der Waals surface area contributed by atoms with Gasteiger partial charge in [-0.05, 0) is 86.6 Å². The second-order valence-electron chi connectivity index (χ2n) is 13.3. The molecule has 0 radical (unpaired) electrons. The van der Waals surface area contributed by atoms with Crippen LogP contribution in [-0.2, 0) is 6.54 Å². The van der Waals surface area contributed by atoms with E-state index in [1.807, 2.05) is 33.8 Å². The van der Waals surface area contributed by atoms with Gasteiger partial charge >= 0.3 is 0 Å². The third kappa shape index (κ3) is 3.20. The second kappa shape index (κ2) is 7.87. The van der Waals surface area contributed by atoms with Crippen molar-refractivity contribution in [1.82, 2.24) is 19.1 Å². The number of hydrogen-bond donors (Lipinski definition) is 1. The van der Waals surface area contributed by atoms with Crippen LogP contribution in [0, 0.1) is 30.6 Å². The van der Waals surface area contributed by atoms with E-state index in [4.69, 9.17) is 5.10 Å². The van der Waals surface area contributed by atoms with E-state index in [2.05, 4.69) is 34.6 Å². The van der Waals surface area contributed by atoms with Crippen molar-refractivity contribution < 1.29 is 14.3 Å². The Morgan fingerprint density at radius 1 is 1.10 bits per heavy atom. The lowest BCUT2D eigenvalue weighted by molar-refractivity contribution is -0.0204. The maximum atomic E-state index is 14.4. The van der Waals surface area contributed by atoms with Gasteiger partial charge in [0.2, 0.25) is 0 Å². The summed E-state index contributed by atoms with van der Waals surface area (Å²) in [6.45, 7) is 3.97. The van der Waals surface area contributed by atoms with Crippen LogP contribution in [0.5, 0.6) is 0 Å². The minimum absolute atomic E-state index is 0.148. The number of pyridine rings is 1. The number of carbonyl (C=O) groups is 1. The number of amides is 1. The number of aromatic nitrogens is 3. The Kier molecular flexibility index (Phi) is 4.59. The molecule has 206 valence electrons. The van der Waals surface area contributed by atoms with Crippen molar-refractivity contribution in [1.29, 1.82) is 0 Å². The Morgan fingerprint density at radius 2 is 1.95 bits per heavy atom. The van der Waals surface area contributed by atoms with Gasteiger partial charge in [0.15, 0.2) is 5.67 Å². The summed E-state index contributed by atoms with van der Waals surface area (Å²) in [5, 5.41) is 15.6. The summed E-state index contributed by atoms with van der Waals surface area (Å²) in [6, 6.07) is 13.0. The number of hydrogen-bond acceptors (Lipinski definition) is 4. The minimum Gasteiger partial charge on any atom is -0.393 e. The number of fused-ring (bicyclic) bond motifs is 2. The van der Waals surface area contributed by atoms with Crippen LogP contribution in [0.1, 0.15) is 41.6 Å². The van der Waals surface area contributed by atoms with E-state index < -0.39 is 12.3 Å². The van der Waals surface area contributed by atoms with E-state index >= 15 is 0 Å². The van der Waals surface area contributed by atoms with E-state index in [9.17, 15) is 14.3 Å². The molecular formula is C32H34FN5O2. The van der Waals surface area contributed by atoms with Gasteiger partial charge in [-0.15, -0.1) is 0 Å². The number of anilines is 1. The van der Waals surface area contributed by atoms with E-state index in [1.165, 1.54) is 25.7 Å². The Hall–Kier alpha value is -3.39. The Balaban J connectivity index is 1.09. The average molecular weight is 540 g/mol. The lowest BCUT2D eigenvalue weighted by Gasteiger charge is -2.52. The number of carbonyl (C=O) groups excluding carboxylic acids is 1. The van der Waals surface area contributed by atoms with E-state index in [1.54, 1.807) is 0 Å². The Bertz CT molecular complexity index is 1710. The molecule has 0 spiro atoms. The van der Waals surface area contributed by atoms with Crippen molar-refractivity contribution >= 4 is 28.0 Å². The van der Waals surface area contributed by atoms with Gasteiger partial charge in [-0.3, -0.25) is 4.79 Å². The first-order chi connectivity index (χ1) is 19.4. The first-order valence-corrected chi connectivity index (χ1v) is 14.9. The lowest BCUT2D eigenvalue weighted by Crippen LogP contribution is -2.61. The minimum atomic E-state index is -1.50. The largest absolute Gasteiger partial charge is 0.393 e. The van der Waals surface area contributed by atoms with Gasteiger partial charge in [0.05, 0.1) is 42.0 Å². The van der Waals surface area contributed by atoms with Crippen LogP contribution in [0.15, 0.2) is 42.6 Å². The molecule has 3 unspecified atom stereocenters. The molecule has 3 saturated carbocycles. The molecule has 8 heteroatoms. The highest BCUT2D eigenvalue weighted by Gasteiger charge is 2.61. The van der Waals surface area contributed by atoms with Crippen molar-refractivity contribution in [3.63, 3.8) is 0 Å². The van der Waals surface area contributed by atoms with Crippen LogP contribution < -0.4 is 4.90 Å². The van der Waals surface area contributed by atoms with Gasteiger partial charge in [0.25, 0.3) is 5.91 Å². The molecule has 5 aliphatic rings. The Morgan fingerprint density at radius 3 is 2.70 bits per heavy atom. The smallest absolute Gasteiger partial charge is 0.255 e. The molecule has 3 aliphatic carbocycles. The third-order valence-corrected chi connectivity index (χ3v) is 10.8. The molecule has 4 aromatic rings. The number of aryl methyl sites for hydroxylation is 1. The summed E-state index contributed by atoms with van der Waals surface area (Å²) in [4.78, 5) is 17.6. The fraction of sp³-hybridized carbons (Fsp3) is 0.500. The molecule has 2 aliphatic heterocycles. The SMILES string of the molecule is Cc1c(-c2cc3ccc(N4CC(F)(CO)C4)cc3n2CC2CC2)nn2cc(C(=O)N3CC4CC5CC3[C@H]54)ccc12. The summed E-state index contributed by atoms with van der Waals surface area (Å²) in [5.41, 5.74) is 5.49. The fourth-order valence-electron chi connectivity index (χ4n) is 8.22. The predicted octanol–water partition coefficient (Wildman–Crippen LogP) is 4.68. The van der Waals surface area contributed by atoms with E-state index in [0.717, 1.165) is 75.5 Å². The summed E-state index contributed by atoms with van der Waals surface area (Å²) in [7, 11) is 0. The highest BCUT2D eigenvalue weighted by molar-refractivity contribution is 5.95. The van der Waals surface area contributed by atoms with Crippen LogP contribution in [0.4, 0.5) is 10.1 Å². The molecule has 7 nitrogen and oxygen atoms in total. The Labute approximate surface area is 232 Å². The number of aliphatic hydroxyl groups is 1. The summed E-state index contributed by atoms with van der Waals surface area (Å²) < 4.78 is 18.7. The van der Waals surface area contributed by atoms with Crippen molar-refractivity contribution in [3.05, 3.63) is 53.7 Å². The third-order valence-electron chi connectivity index (χ3n) is 10.8. The predicted molar refractivity (Wildman–Crippen MR) is 151 cm³/mol. The number of halogens is 1. The van der Waals surface area contributed by atoms with Gasteiger partial charge in [-0.25, -0.2) is 8.91 Å². The normalized spacial score (nSPS) is 28.0. The molecule has 3 aromatic heterocycles. The van der Waals surface area contributed by atoms with Crippen LogP contribution in [0.2, 0.25) is 0 Å². The van der Waals surface area contributed by atoms with Crippen molar-refractivity contribution in [2.45, 2.75) is 50.9 Å². The molecule has 1 aromatic carbocycles. The summed E-state index contributed by atoms with van der Waals surface area (Å²) in [5.74, 6) is 3.16. The second-order valence-corrected chi connectivity index (χ2v) is 13.3. The van der Waals surface area contributed by atoms with E-state index in [-0.39, 0.29) is 19.0 Å². The van der Waals surface area contributed by atoms with Crippen LogP contribution >= 0.6 is 0 Å². The highest BCUT2D eigenvalue weighted by Crippen LogP contribution is 2.60. The van der Waals surface area contributed by atoms with Crippen LogP contribution in [-0.4, -0.2) is 68.0 Å². The average Bonchev–Trinajstić information content (AvgIpc) is 3.60. The fourth-order valence-corrected chi connectivity index (χ4v) is 8.22. The van der Waals surface area contributed by atoms with Crippen LogP contribution in [0.3, 0.4) is 0 Å². The van der Waals surface area contributed by atoms with Gasteiger partial charge in [-0.1, -0.05) is 6.07 Å². The molecule has 5 fully saturated rings. The first kappa shape index (κ1) is 23.3. The number of aliphatic hydroxyl groups excluding tert-OH is 1. The maximum Gasteiger partial charge on any atom is 0.255 e. The molecule has 1 N–H and O–H groups in total. The summed E-state index contributed by atoms with van der Waals surface area (Å²) >= 11 is 0. The molecule has 4 atom stereocenters. The quantitative estimate of drug-likeness (QED) is 0.387. The van der Waals surface area contributed by atoms with Crippen molar-refractivity contribution in [3.8, 4) is 11.4 Å². The topological polar surface area (TPSA) is 66.0 Å². The zero-order chi connectivity index (χ0) is 26.9. The molecule has 0 bridgehead atoms. The molecule has 40 heavy (non-hydrogen) atoms. The maximum absolute atomic E-state index is 14.4. The number of nitrogens with zero attached hydrogens (tertiary/aromatic N) is 5. The standard InChI is InChI=1S/C32H34FN5O2/c1-18-25-7-5-21(31(40)37-13-23-8-22-10-27(37)29(22)23)14-38(25)34-30(18)28-9-20-4-6-24(35-15-32(33,16-35)17-39)11-26(20)36(28)12-19-2-3-19/h4-7,9,11,14,19,22-23,27,29,39H,2-3,8,10,12-13,15-17H2,1H3/t22?,23?,27?,29-/m1/s1. The van der Waals surface area contributed by atoms with Crippen LogP contribution in [0.25, 0.3) is 27.8 Å². The zero-order valence-electron chi connectivity index (χ0n) is 22.8. The van der Waals surface area contributed by atoms with E-state index in [0.29, 0.717) is 12.0 Å². The molecule has 5 heterocycles. The molecule has 9 rings (SSSR count). The van der Waals surface area contributed by atoms with Gasteiger partial charge in [-0.2, -0.15) is 5.10 Å².